The lowest BCUT2D eigenvalue weighted by Crippen LogP contribution is -2.21. The van der Waals surface area contributed by atoms with Crippen molar-refractivity contribution in [1.82, 2.24) is 9.55 Å². The second-order valence-corrected chi connectivity index (χ2v) is 7.32. The molecule has 0 unspecified atom stereocenters. The Bertz CT molecular complexity index is 1160. The first-order chi connectivity index (χ1) is 13.1. The van der Waals surface area contributed by atoms with E-state index < -0.39 is 0 Å². The Labute approximate surface area is 164 Å². The van der Waals surface area contributed by atoms with Crippen LogP contribution in [0.1, 0.15) is 5.56 Å². The normalized spacial score (nSPS) is 11.0. The molecule has 3 aromatic carbocycles. The van der Waals surface area contributed by atoms with E-state index in [0.29, 0.717) is 32.5 Å². The summed E-state index contributed by atoms with van der Waals surface area (Å²) in [6.07, 6.45) is 0. The average Bonchev–Trinajstić information content (AvgIpc) is 2.69. The average molecular weight is 397 g/mol. The second kappa shape index (κ2) is 7.55. The SMILES string of the molecule is O=c1c2ccccc2nc(SCc2ccc(F)cc2)n1-c1ccc(Cl)cc1. The third-order valence-electron chi connectivity index (χ3n) is 4.11. The molecule has 3 nitrogen and oxygen atoms in total. The second-order valence-electron chi connectivity index (χ2n) is 5.94. The minimum Gasteiger partial charge on any atom is -0.268 e. The Morgan fingerprint density at radius 3 is 2.41 bits per heavy atom. The third-order valence-corrected chi connectivity index (χ3v) is 5.37. The van der Waals surface area contributed by atoms with Crippen molar-refractivity contribution in [2.24, 2.45) is 0 Å². The van der Waals surface area contributed by atoms with Gasteiger partial charge in [-0.1, -0.05) is 47.6 Å². The van der Waals surface area contributed by atoms with E-state index in [1.807, 2.05) is 18.2 Å². The number of benzene rings is 3. The van der Waals surface area contributed by atoms with Crippen molar-refractivity contribution >= 4 is 34.3 Å². The van der Waals surface area contributed by atoms with Gasteiger partial charge >= 0.3 is 0 Å². The van der Waals surface area contributed by atoms with E-state index in [1.54, 1.807) is 47.0 Å². The number of para-hydroxylation sites is 1. The fourth-order valence-electron chi connectivity index (χ4n) is 2.76. The Hall–Kier alpha value is -2.63. The maximum atomic E-state index is 13.1. The van der Waals surface area contributed by atoms with Crippen LogP contribution in [0, 0.1) is 5.82 Å². The zero-order valence-electron chi connectivity index (χ0n) is 14.1. The molecule has 0 radical (unpaired) electrons. The summed E-state index contributed by atoms with van der Waals surface area (Å²) in [5.74, 6) is 0.296. The summed E-state index contributed by atoms with van der Waals surface area (Å²) in [6, 6.07) is 20.7. The summed E-state index contributed by atoms with van der Waals surface area (Å²) in [4.78, 5) is 17.8. The van der Waals surface area contributed by atoms with Crippen LogP contribution in [0.2, 0.25) is 5.02 Å². The van der Waals surface area contributed by atoms with Crippen molar-refractivity contribution in [3.05, 3.63) is 99.6 Å². The molecule has 0 atom stereocenters. The van der Waals surface area contributed by atoms with E-state index in [9.17, 15) is 9.18 Å². The van der Waals surface area contributed by atoms with Crippen LogP contribution < -0.4 is 5.56 Å². The molecule has 0 saturated carbocycles. The summed E-state index contributed by atoms with van der Waals surface area (Å²) in [5.41, 5.74) is 2.16. The van der Waals surface area contributed by atoms with Crippen LogP contribution in [0.5, 0.6) is 0 Å². The predicted molar refractivity (Wildman–Crippen MR) is 108 cm³/mol. The van der Waals surface area contributed by atoms with Gasteiger partial charge in [-0.2, -0.15) is 0 Å². The Morgan fingerprint density at radius 1 is 0.963 bits per heavy atom. The number of hydrogen-bond donors (Lipinski definition) is 0. The molecule has 27 heavy (non-hydrogen) atoms. The van der Waals surface area contributed by atoms with Crippen LogP contribution in [0.25, 0.3) is 16.6 Å². The highest BCUT2D eigenvalue weighted by molar-refractivity contribution is 7.98. The lowest BCUT2D eigenvalue weighted by molar-refractivity contribution is 0.627. The highest BCUT2D eigenvalue weighted by Gasteiger charge is 2.13. The topological polar surface area (TPSA) is 34.9 Å². The van der Waals surface area contributed by atoms with E-state index in [2.05, 4.69) is 4.98 Å². The molecule has 0 N–H and O–H groups in total. The van der Waals surface area contributed by atoms with Crippen molar-refractivity contribution in [3.8, 4) is 5.69 Å². The van der Waals surface area contributed by atoms with Crippen LogP contribution in [0.4, 0.5) is 4.39 Å². The standard InChI is InChI=1S/C21H14ClFN2OS/c22-15-7-11-17(12-8-15)25-20(26)18-3-1-2-4-19(18)24-21(25)27-13-14-5-9-16(23)10-6-14/h1-12H,13H2. The lowest BCUT2D eigenvalue weighted by atomic mass is 10.2. The molecular formula is C21H14ClFN2OS. The lowest BCUT2D eigenvalue weighted by Gasteiger charge is -2.13. The molecule has 4 aromatic rings. The summed E-state index contributed by atoms with van der Waals surface area (Å²) < 4.78 is 14.7. The van der Waals surface area contributed by atoms with Crippen LogP contribution in [0.3, 0.4) is 0 Å². The van der Waals surface area contributed by atoms with Gasteiger partial charge in [0.1, 0.15) is 5.82 Å². The molecule has 1 heterocycles. The highest BCUT2D eigenvalue weighted by Crippen LogP contribution is 2.25. The van der Waals surface area contributed by atoms with E-state index in [4.69, 9.17) is 11.6 Å². The van der Waals surface area contributed by atoms with E-state index in [1.165, 1.54) is 23.9 Å². The Kier molecular flexibility index (Phi) is 4.97. The zero-order chi connectivity index (χ0) is 18.8. The van der Waals surface area contributed by atoms with E-state index in [-0.39, 0.29) is 11.4 Å². The molecule has 1 aromatic heterocycles. The van der Waals surface area contributed by atoms with Crippen molar-refractivity contribution < 1.29 is 4.39 Å². The summed E-state index contributed by atoms with van der Waals surface area (Å²) >= 11 is 7.42. The van der Waals surface area contributed by atoms with Gasteiger partial charge in [0, 0.05) is 10.8 Å². The number of thioether (sulfide) groups is 1. The van der Waals surface area contributed by atoms with Gasteiger partial charge in [-0.15, -0.1) is 0 Å². The zero-order valence-corrected chi connectivity index (χ0v) is 15.7. The summed E-state index contributed by atoms with van der Waals surface area (Å²) in [6.45, 7) is 0. The third kappa shape index (κ3) is 3.75. The van der Waals surface area contributed by atoms with Crippen LogP contribution in [-0.2, 0) is 5.75 Å². The van der Waals surface area contributed by atoms with Gasteiger partial charge in [-0.25, -0.2) is 9.37 Å². The number of nitrogens with zero attached hydrogens (tertiary/aromatic N) is 2. The van der Waals surface area contributed by atoms with Gasteiger partial charge in [0.2, 0.25) is 0 Å². The maximum absolute atomic E-state index is 13.1. The van der Waals surface area contributed by atoms with Crippen molar-refractivity contribution in [2.75, 3.05) is 0 Å². The van der Waals surface area contributed by atoms with Crippen molar-refractivity contribution in [1.29, 1.82) is 0 Å². The van der Waals surface area contributed by atoms with Gasteiger partial charge in [0.15, 0.2) is 5.16 Å². The molecule has 0 aliphatic rings. The minimum absolute atomic E-state index is 0.135. The van der Waals surface area contributed by atoms with Crippen LogP contribution >= 0.6 is 23.4 Å². The molecule has 6 heteroatoms. The van der Waals surface area contributed by atoms with Gasteiger partial charge < -0.3 is 0 Å². The molecule has 4 rings (SSSR count). The summed E-state index contributed by atoms with van der Waals surface area (Å²) in [5, 5.41) is 1.73. The Balaban J connectivity index is 1.81. The number of fused-ring (bicyclic) bond motifs is 1. The molecule has 0 aliphatic carbocycles. The largest absolute Gasteiger partial charge is 0.268 e. The minimum atomic E-state index is -0.273. The molecule has 0 saturated heterocycles. The van der Waals surface area contributed by atoms with Gasteiger partial charge in [0.05, 0.1) is 16.6 Å². The maximum Gasteiger partial charge on any atom is 0.266 e. The number of rotatable bonds is 4. The fraction of sp³-hybridized carbons (Fsp3) is 0.0476. The highest BCUT2D eigenvalue weighted by atomic mass is 35.5. The van der Waals surface area contributed by atoms with Gasteiger partial charge in [-0.3, -0.25) is 9.36 Å². The first-order valence-electron chi connectivity index (χ1n) is 8.27. The van der Waals surface area contributed by atoms with Crippen molar-refractivity contribution in [2.45, 2.75) is 10.9 Å². The smallest absolute Gasteiger partial charge is 0.266 e. The van der Waals surface area contributed by atoms with E-state index >= 15 is 0 Å². The summed E-state index contributed by atoms with van der Waals surface area (Å²) in [7, 11) is 0. The molecule has 134 valence electrons. The molecule has 0 spiro atoms. The quantitative estimate of drug-likeness (QED) is 0.339. The van der Waals surface area contributed by atoms with Gasteiger partial charge in [-0.05, 0) is 54.1 Å². The molecule has 0 amide bonds. The molecule has 0 aliphatic heterocycles. The van der Waals surface area contributed by atoms with Crippen molar-refractivity contribution in [3.63, 3.8) is 0 Å². The Morgan fingerprint density at radius 2 is 1.67 bits per heavy atom. The molecular weight excluding hydrogens is 383 g/mol. The molecule has 0 bridgehead atoms. The van der Waals surface area contributed by atoms with Gasteiger partial charge in [0.25, 0.3) is 5.56 Å². The van der Waals surface area contributed by atoms with Crippen LogP contribution in [0.15, 0.2) is 82.7 Å². The predicted octanol–water partition coefficient (Wildman–Crippen LogP) is 5.47. The number of aromatic nitrogens is 2. The van der Waals surface area contributed by atoms with E-state index in [0.717, 1.165) is 5.56 Å². The monoisotopic (exact) mass is 396 g/mol. The fourth-order valence-corrected chi connectivity index (χ4v) is 3.85. The van der Waals surface area contributed by atoms with Crippen LogP contribution in [-0.4, -0.2) is 9.55 Å². The first-order valence-corrected chi connectivity index (χ1v) is 9.63. The number of hydrogen-bond acceptors (Lipinski definition) is 3. The first kappa shape index (κ1) is 17.8. The number of halogens is 2. The molecule has 0 fully saturated rings.